The van der Waals surface area contributed by atoms with E-state index < -0.39 is 11.7 Å². The van der Waals surface area contributed by atoms with Crippen molar-refractivity contribution >= 4 is 5.97 Å². The number of allylic oxidation sites excluding steroid dienone is 1. The van der Waals surface area contributed by atoms with Crippen LogP contribution < -0.4 is 0 Å². The number of carbonyl (C=O) groups excluding carboxylic acids is 1. The Kier molecular flexibility index (Phi) is 4.87. The van der Waals surface area contributed by atoms with Gasteiger partial charge in [-0.15, -0.1) is 4.91 Å². The van der Waals surface area contributed by atoms with E-state index in [1.807, 2.05) is 6.07 Å². The first-order valence-corrected chi connectivity index (χ1v) is 5.15. The Morgan fingerprint density at radius 1 is 1.35 bits per heavy atom. The second kappa shape index (κ2) is 6.42. The van der Waals surface area contributed by atoms with E-state index in [2.05, 4.69) is 9.91 Å². The van der Waals surface area contributed by atoms with Gasteiger partial charge >= 0.3 is 5.97 Å². The summed E-state index contributed by atoms with van der Waals surface area (Å²) < 4.78 is 4.60. The topological polar surface area (TPSA) is 76.0 Å². The number of ether oxygens (including phenoxy) is 1. The molecule has 1 aromatic rings. The maximum absolute atomic E-state index is 11.3. The summed E-state index contributed by atoms with van der Waals surface area (Å²) >= 11 is 0. The van der Waals surface area contributed by atoms with Gasteiger partial charge in [0, 0.05) is 6.42 Å². The molecule has 0 atom stereocenters. The third kappa shape index (κ3) is 3.71. The fourth-order valence-electron chi connectivity index (χ4n) is 1.28. The number of aliphatic hydroxyl groups is 1. The highest BCUT2D eigenvalue weighted by Gasteiger charge is 2.17. The summed E-state index contributed by atoms with van der Waals surface area (Å²) in [5.41, 5.74) is 0.200. The van der Waals surface area contributed by atoms with E-state index in [1.165, 1.54) is 0 Å². The van der Waals surface area contributed by atoms with E-state index in [0.29, 0.717) is 0 Å². The molecular weight excluding hydrogens is 222 g/mol. The molecular formula is C12H13NO4. The zero-order chi connectivity index (χ0) is 12.7. The predicted octanol–water partition coefficient (Wildman–Crippen LogP) is 2.33. The molecule has 0 aliphatic heterocycles. The molecule has 0 bridgehead atoms. The Hall–Kier alpha value is -2.17. The summed E-state index contributed by atoms with van der Waals surface area (Å²) in [5, 5.41) is 12.2. The molecule has 17 heavy (non-hydrogen) atoms. The Labute approximate surface area is 98.7 Å². The van der Waals surface area contributed by atoms with Crippen molar-refractivity contribution in [3.63, 3.8) is 0 Å². The normalized spacial score (nSPS) is 11.6. The monoisotopic (exact) mass is 235 g/mol. The Balaban J connectivity index is 2.86. The molecule has 1 rings (SSSR count). The van der Waals surface area contributed by atoms with Gasteiger partial charge in [-0.05, 0) is 17.7 Å². The third-order valence-corrected chi connectivity index (χ3v) is 2.05. The molecule has 0 amide bonds. The zero-order valence-electron chi connectivity index (χ0n) is 9.42. The fraction of sp³-hybridized carbons (Fsp3) is 0.250. The average Bonchev–Trinajstić information content (AvgIpc) is 2.31. The highest BCUT2D eigenvalue weighted by Crippen LogP contribution is 2.12. The number of hydrogen-bond donors (Lipinski definition) is 1. The van der Waals surface area contributed by atoms with Gasteiger partial charge in [0.05, 0.1) is 6.61 Å². The molecule has 0 unspecified atom stereocenters. The molecule has 90 valence electrons. The van der Waals surface area contributed by atoms with E-state index >= 15 is 0 Å². The standard InChI is InChI=1S/C12H13NO4/c1-2-17-12(15)11(13-16)10(14)8-9-6-4-3-5-7-9/h3-7,14H,2,8H2,1H3. The molecule has 5 nitrogen and oxygen atoms in total. The van der Waals surface area contributed by atoms with E-state index in [9.17, 15) is 14.8 Å². The molecule has 0 aromatic heterocycles. The van der Waals surface area contributed by atoms with Crippen LogP contribution in [0.4, 0.5) is 0 Å². The van der Waals surface area contributed by atoms with Gasteiger partial charge in [0.15, 0.2) is 0 Å². The van der Waals surface area contributed by atoms with Crippen molar-refractivity contribution < 1.29 is 14.6 Å². The number of hydrogen-bond acceptors (Lipinski definition) is 5. The van der Waals surface area contributed by atoms with Crippen LogP contribution in [-0.4, -0.2) is 17.7 Å². The number of nitroso groups, excluding NO2 is 1. The molecule has 0 saturated carbocycles. The SMILES string of the molecule is CCOC(=O)C(N=O)=C(O)Cc1ccccc1. The second-order valence-corrected chi connectivity index (χ2v) is 3.27. The smallest absolute Gasteiger partial charge is 0.364 e. The van der Waals surface area contributed by atoms with Gasteiger partial charge < -0.3 is 9.84 Å². The number of rotatable bonds is 5. The summed E-state index contributed by atoms with van der Waals surface area (Å²) in [4.78, 5) is 21.8. The molecule has 5 heteroatoms. The highest BCUT2D eigenvalue weighted by molar-refractivity contribution is 5.88. The van der Waals surface area contributed by atoms with Crippen LogP contribution in [0.2, 0.25) is 0 Å². The summed E-state index contributed by atoms with van der Waals surface area (Å²) in [6, 6.07) is 8.95. The Bertz CT molecular complexity index is 425. The number of carbonyl (C=O) groups is 1. The van der Waals surface area contributed by atoms with Gasteiger partial charge in [0.2, 0.25) is 5.70 Å². The average molecular weight is 235 g/mol. The number of benzene rings is 1. The van der Waals surface area contributed by atoms with Gasteiger partial charge in [0.1, 0.15) is 5.76 Å². The first-order chi connectivity index (χ1) is 8.19. The molecule has 0 fully saturated rings. The maximum atomic E-state index is 11.3. The molecule has 0 saturated heterocycles. The van der Waals surface area contributed by atoms with E-state index in [0.717, 1.165) is 5.56 Å². The summed E-state index contributed by atoms with van der Waals surface area (Å²) in [6.07, 6.45) is 0.0702. The lowest BCUT2D eigenvalue weighted by Crippen LogP contribution is -2.09. The van der Waals surface area contributed by atoms with E-state index in [1.54, 1.807) is 31.2 Å². The summed E-state index contributed by atoms with van der Waals surface area (Å²) in [6.45, 7) is 1.73. The van der Waals surface area contributed by atoms with Gasteiger partial charge in [-0.3, -0.25) is 0 Å². The van der Waals surface area contributed by atoms with Crippen molar-refractivity contribution in [2.75, 3.05) is 6.61 Å². The number of aliphatic hydroxyl groups excluding tert-OH is 1. The maximum Gasteiger partial charge on any atom is 0.364 e. The van der Waals surface area contributed by atoms with Crippen molar-refractivity contribution in [1.82, 2.24) is 0 Å². The van der Waals surface area contributed by atoms with Crippen LogP contribution in [0.15, 0.2) is 47.0 Å². The fourth-order valence-corrected chi connectivity index (χ4v) is 1.28. The molecule has 0 aliphatic carbocycles. The van der Waals surface area contributed by atoms with Crippen molar-refractivity contribution in [1.29, 1.82) is 0 Å². The zero-order valence-corrected chi connectivity index (χ0v) is 9.42. The van der Waals surface area contributed by atoms with Gasteiger partial charge in [-0.25, -0.2) is 4.79 Å². The Morgan fingerprint density at radius 3 is 2.53 bits per heavy atom. The minimum absolute atomic E-state index is 0.0702. The quantitative estimate of drug-likeness (QED) is 0.368. The van der Waals surface area contributed by atoms with Gasteiger partial charge in [0.25, 0.3) is 0 Å². The lowest BCUT2D eigenvalue weighted by Gasteiger charge is -2.04. The van der Waals surface area contributed by atoms with Crippen LogP contribution >= 0.6 is 0 Å². The van der Waals surface area contributed by atoms with Crippen molar-refractivity contribution in [3.8, 4) is 0 Å². The largest absolute Gasteiger partial charge is 0.509 e. The number of nitrogens with zero attached hydrogens (tertiary/aromatic N) is 1. The van der Waals surface area contributed by atoms with Gasteiger partial charge in [-0.1, -0.05) is 30.3 Å². The highest BCUT2D eigenvalue weighted by atomic mass is 16.5. The van der Waals surface area contributed by atoms with Crippen molar-refractivity contribution in [3.05, 3.63) is 52.3 Å². The number of esters is 1. The van der Waals surface area contributed by atoms with E-state index in [4.69, 9.17) is 0 Å². The third-order valence-electron chi connectivity index (χ3n) is 2.05. The summed E-state index contributed by atoms with van der Waals surface area (Å²) in [7, 11) is 0. The van der Waals surface area contributed by atoms with Crippen LogP contribution in [0.1, 0.15) is 12.5 Å². The first-order valence-electron chi connectivity index (χ1n) is 5.15. The predicted molar refractivity (Wildman–Crippen MR) is 62.2 cm³/mol. The molecule has 1 N–H and O–H groups in total. The van der Waals surface area contributed by atoms with Crippen LogP contribution in [0.25, 0.3) is 0 Å². The molecule has 0 heterocycles. The van der Waals surface area contributed by atoms with Crippen molar-refractivity contribution in [2.24, 2.45) is 5.18 Å². The van der Waals surface area contributed by atoms with Gasteiger partial charge in [-0.2, -0.15) is 0 Å². The molecule has 0 radical (unpaired) electrons. The first kappa shape index (κ1) is 12.9. The Morgan fingerprint density at radius 2 is 2.00 bits per heavy atom. The molecule has 1 aromatic carbocycles. The van der Waals surface area contributed by atoms with E-state index in [-0.39, 0.29) is 18.8 Å². The minimum atomic E-state index is -0.907. The van der Waals surface area contributed by atoms with Crippen LogP contribution in [0, 0.1) is 4.91 Å². The van der Waals surface area contributed by atoms with Crippen LogP contribution in [-0.2, 0) is 16.0 Å². The van der Waals surface area contributed by atoms with Crippen molar-refractivity contribution in [2.45, 2.75) is 13.3 Å². The minimum Gasteiger partial charge on any atom is -0.509 e. The lowest BCUT2D eigenvalue weighted by atomic mass is 10.1. The molecule has 0 spiro atoms. The molecule has 0 aliphatic rings. The second-order valence-electron chi connectivity index (χ2n) is 3.27. The lowest BCUT2D eigenvalue weighted by molar-refractivity contribution is -0.138. The van der Waals surface area contributed by atoms with Crippen LogP contribution in [0.5, 0.6) is 0 Å². The van der Waals surface area contributed by atoms with Crippen LogP contribution in [0.3, 0.4) is 0 Å². The summed E-state index contributed by atoms with van der Waals surface area (Å²) in [5.74, 6) is -1.29.